The van der Waals surface area contributed by atoms with Crippen molar-refractivity contribution in [1.82, 2.24) is 34.5 Å². The molecule has 1 N–H and O–H groups in total. The summed E-state index contributed by atoms with van der Waals surface area (Å²) in [6, 6.07) is 6.23. The van der Waals surface area contributed by atoms with Gasteiger partial charge in [-0.3, -0.25) is 9.36 Å². The molecular weight excluding hydrogens is 494 g/mol. The summed E-state index contributed by atoms with van der Waals surface area (Å²) < 4.78 is 12.1. The molecule has 1 atom stereocenters. The van der Waals surface area contributed by atoms with Crippen LogP contribution in [0, 0.1) is 5.92 Å². The van der Waals surface area contributed by atoms with E-state index in [4.69, 9.17) is 9.52 Å². The Morgan fingerprint density at radius 1 is 1.24 bits per heavy atom. The molecule has 4 aromatic rings. The minimum atomic E-state index is -1.83. The van der Waals surface area contributed by atoms with E-state index < -0.39 is 8.32 Å². The number of rotatable bonds is 7. The van der Waals surface area contributed by atoms with Crippen LogP contribution in [0.4, 0.5) is 0 Å². The first-order valence-corrected chi connectivity index (χ1v) is 16.6. The molecule has 1 aliphatic heterocycles. The molecule has 1 unspecified atom stereocenters. The van der Waals surface area contributed by atoms with Crippen LogP contribution in [0.15, 0.2) is 29.2 Å². The molecule has 0 amide bonds. The molecule has 0 aliphatic carbocycles. The van der Waals surface area contributed by atoms with E-state index in [1.807, 2.05) is 38.2 Å². The van der Waals surface area contributed by atoms with Gasteiger partial charge in [-0.15, -0.1) is 5.10 Å². The van der Waals surface area contributed by atoms with Crippen LogP contribution in [-0.4, -0.2) is 50.1 Å². The number of nitrogens with zero attached hydrogens (tertiary/aromatic N) is 6. The first-order valence-electron chi connectivity index (χ1n) is 13.7. The van der Waals surface area contributed by atoms with Gasteiger partial charge in [0.05, 0.1) is 36.2 Å². The molecule has 38 heavy (non-hydrogen) atoms. The first kappa shape index (κ1) is 26.8. The Kier molecular flexibility index (Phi) is 6.86. The maximum atomic E-state index is 14.0. The Bertz CT molecular complexity index is 1540. The molecule has 1 aromatic carbocycles. The van der Waals surface area contributed by atoms with Gasteiger partial charge in [-0.2, -0.15) is 5.10 Å². The van der Waals surface area contributed by atoms with E-state index in [0.29, 0.717) is 32.0 Å². The van der Waals surface area contributed by atoms with E-state index in [0.717, 1.165) is 45.6 Å². The Morgan fingerprint density at radius 3 is 2.71 bits per heavy atom. The number of benzene rings is 1. The highest BCUT2D eigenvalue weighted by Crippen LogP contribution is 2.36. The molecule has 4 heterocycles. The number of aromatic nitrogens is 6. The summed E-state index contributed by atoms with van der Waals surface area (Å²) in [6.07, 6.45) is 3.44. The zero-order valence-corrected chi connectivity index (χ0v) is 25.0. The molecule has 0 spiro atoms. The van der Waals surface area contributed by atoms with Crippen LogP contribution in [0.2, 0.25) is 18.1 Å². The molecular formula is C28H41N7O2Si. The van der Waals surface area contributed by atoms with Crippen molar-refractivity contribution < 1.29 is 4.43 Å². The van der Waals surface area contributed by atoms with Gasteiger partial charge in [0.25, 0.3) is 5.56 Å². The zero-order chi connectivity index (χ0) is 27.4. The number of hydrogen-bond donors (Lipinski definition) is 1. The maximum Gasteiger partial charge on any atom is 0.261 e. The predicted octanol–water partition coefficient (Wildman–Crippen LogP) is 4.48. The number of fused-ring (bicyclic) bond motifs is 4. The highest BCUT2D eigenvalue weighted by molar-refractivity contribution is 6.74. The third-order valence-corrected chi connectivity index (χ3v) is 12.7. The van der Waals surface area contributed by atoms with Crippen molar-refractivity contribution in [2.75, 3.05) is 6.61 Å². The molecule has 0 bridgehead atoms. The fraction of sp³-hybridized carbons (Fsp3) is 0.571. The SMILES string of the molecule is CC(C)Cc1cnn2c3c(c(=O)n(-c4ccc5c(c4)nnn5CCO[Si](C)(C)C(C)(C)C)c12)CC(C)NC3. The highest BCUT2D eigenvalue weighted by Gasteiger charge is 2.37. The van der Waals surface area contributed by atoms with Gasteiger partial charge >= 0.3 is 0 Å². The van der Waals surface area contributed by atoms with Crippen LogP contribution >= 0.6 is 0 Å². The summed E-state index contributed by atoms with van der Waals surface area (Å²) in [7, 11) is -1.83. The molecule has 3 aromatic heterocycles. The Hall–Kier alpha value is -2.82. The Labute approximate surface area is 225 Å². The predicted molar refractivity (Wildman–Crippen MR) is 154 cm³/mol. The third kappa shape index (κ3) is 4.73. The van der Waals surface area contributed by atoms with Crippen LogP contribution < -0.4 is 10.9 Å². The largest absolute Gasteiger partial charge is 0.415 e. The quantitative estimate of drug-likeness (QED) is 0.351. The average Bonchev–Trinajstić information content (AvgIpc) is 3.42. The second-order valence-electron chi connectivity index (χ2n) is 12.6. The van der Waals surface area contributed by atoms with Gasteiger partial charge in [-0.05, 0) is 62.0 Å². The van der Waals surface area contributed by atoms with Crippen molar-refractivity contribution >= 4 is 25.0 Å². The van der Waals surface area contributed by atoms with E-state index in [-0.39, 0.29) is 16.6 Å². The van der Waals surface area contributed by atoms with Gasteiger partial charge in [-0.25, -0.2) is 9.20 Å². The van der Waals surface area contributed by atoms with Crippen LogP contribution in [0.3, 0.4) is 0 Å². The highest BCUT2D eigenvalue weighted by atomic mass is 28.4. The maximum absolute atomic E-state index is 14.0. The van der Waals surface area contributed by atoms with Gasteiger partial charge in [-0.1, -0.05) is 39.8 Å². The fourth-order valence-electron chi connectivity index (χ4n) is 5.02. The smallest absolute Gasteiger partial charge is 0.261 e. The third-order valence-electron chi connectivity index (χ3n) is 8.18. The monoisotopic (exact) mass is 535 g/mol. The first-order chi connectivity index (χ1) is 17.9. The second-order valence-corrected chi connectivity index (χ2v) is 17.5. The summed E-state index contributed by atoms with van der Waals surface area (Å²) in [6.45, 7) is 19.6. The molecule has 0 radical (unpaired) electrons. The van der Waals surface area contributed by atoms with Crippen molar-refractivity contribution in [3.63, 3.8) is 0 Å². The lowest BCUT2D eigenvalue weighted by Crippen LogP contribution is -2.41. The normalized spacial score (nSPS) is 16.6. The molecule has 0 saturated carbocycles. The molecule has 10 heteroatoms. The minimum absolute atomic E-state index is 0.0286. The lowest BCUT2D eigenvalue weighted by Gasteiger charge is -2.36. The van der Waals surface area contributed by atoms with Crippen molar-refractivity contribution in [2.24, 2.45) is 5.92 Å². The van der Waals surface area contributed by atoms with E-state index in [9.17, 15) is 4.79 Å². The van der Waals surface area contributed by atoms with Crippen molar-refractivity contribution in [2.45, 2.75) is 91.6 Å². The molecule has 204 valence electrons. The summed E-state index contributed by atoms with van der Waals surface area (Å²) in [4.78, 5) is 14.0. The second kappa shape index (κ2) is 9.73. The molecule has 0 saturated heterocycles. The van der Waals surface area contributed by atoms with E-state index in [1.165, 1.54) is 0 Å². The summed E-state index contributed by atoms with van der Waals surface area (Å²) >= 11 is 0. The standard InChI is InChI=1S/C28H41N7O2Si/c1-18(2)13-20-16-30-35-25-17-29-19(3)14-22(25)27(36)34(26(20)35)21-9-10-24-23(15-21)31-32-33(24)11-12-37-38(7,8)28(4,5)6/h9-10,15-16,18-19,29H,11-14,17H2,1-8H3. The summed E-state index contributed by atoms with van der Waals surface area (Å²) in [5.74, 6) is 0.441. The van der Waals surface area contributed by atoms with Gasteiger partial charge in [0.15, 0.2) is 8.32 Å². The molecule has 1 aliphatic rings. The van der Waals surface area contributed by atoms with Crippen molar-refractivity contribution in [1.29, 1.82) is 0 Å². The number of hydrogen-bond acceptors (Lipinski definition) is 6. The molecule has 9 nitrogen and oxygen atoms in total. The van der Waals surface area contributed by atoms with Crippen molar-refractivity contribution in [3.8, 4) is 5.69 Å². The van der Waals surface area contributed by atoms with Gasteiger partial charge in [0.2, 0.25) is 0 Å². The van der Waals surface area contributed by atoms with Crippen LogP contribution in [0.1, 0.15) is 58.4 Å². The van der Waals surface area contributed by atoms with Crippen LogP contribution in [-0.2, 0) is 30.4 Å². The minimum Gasteiger partial charge on any atom is -0.415 e. The Balaban J connectivity index is 1.55. The average molecular weight is 536 g/mol. The van der Waals surface area contributed by atoms with Crippen LogP contribution in [0.5, 0.6) is 0 Å². The summed E-state index contributed by atoms with van der Waals surface area (Å²) in [5.41, 5.74) is 6.22. The van der Waals surface area contributed by atoms with Gasteiger partial charge in [0.1, 0.15) is 11.2 Å². The van der Waals surface area contributed by atoms with E-state index in [2.05, 4.69) is 70.3 Å². The van der Waals surface area contributed by atoms with Gasteiger partial charge in [0, 0.05) is 23.7 Å². The topological polar surface area (TPSA) is 91.3 Å². The summed E-state index contributed by atoms with van der Waals surface area (Å²) in [5, 5.41) is 17.3. The molecule has 0 fully saturated rings. The van der Waals surface area contributed by atoms with E-state index in [1.54, 1.807) is 0 Å². The lowest BCUT2D eigenvalue weighted by atomic mass is 10.0. The molecule has 5 rings (SSSR count). The Morgan fingerprint density at radius 2 is 2.00 bits per heavy atom. The van der Waals surface area contributed by atoms with Crippen LogP contribution in [0.25, 0.3) is 22.4 Å². The van der Waals surface area contributed by atoms with Crippen molar-refractivity contribution in [3.05, 3.63) is 51.6 Å². The lowest BCUT2D eigenvalue weighted by molar-refractivity contribution is 0.266. The van der Waals surface area contributed by atoms with Gasteiger partial charge < -0.3 is 9.74 Å². The fourth-order valence-corrected chi connectivity index (χ4v) is 6.06. The zero-order valence-electron chi connectivity index (χ0n) is 24.0. The van der Waals surface area contributed by atoms with E-state index >= 15 is 0 Å². The number of nitrogens with one attached hydrogen (secondary N) is 1.